The zero-order valence-corrected chi connectivity index (χ0v) is 12.1. The van der Waals surface area contributed by atoms with Crippen molar-refractivity contribution in [1.82, 2.24) is 10.6 Å². The minimum atomic E-state index is -1.21. The fourth-order valence-corrected chi connectivity index (χ4v) is 1.34. The van der Waals surface area contributed by atoms with Crippen LogP contribution in [0.15, 0.2) is 12.7 Å². The Morgan fingerprint density at radius 3 is 2.62 bits per heavy atom. The molecule has 120 valence electrons. The van der Waals surface area contributed by atoms with E-state index in [2.05, 4.69) is 21.9 Å². The number of carboxylic acid groups (broad SMARTS) is 1. The number of rotatable bonds is 11. The van der Waals surface area contributed by atoms with Gasteiger partial charge in [-0.2, -0.15) is 0 Å². The average molecular weight is 302 g/mol. The maximum atomic E-state index is 11.5. The number of hydrogen-bond acceptors (Lipinski definition) is 5. The highest BCUT2D eigenvalue weighted by atomic mass is 16.5. The van der Waals surface area contributed by atoms with E-state index in [4.69, 9.17) is 9.84 Å². The van der Waals surface area contributed by atoms with Gasteiger partial charge in [-0.1, -0.05) is 6.08 Å². The van der Waals surface area contributed by atoms with Crippen LogP contribution in [0.5, 0.6) is 0 Å². The third kappa shape index (κ3) is 10.4. The molecule has 0 aromatic carbocycles. The normalized spacial score (nSPS) is 11.3. The number of methoxy groups -OCH3 is 1. The monoisotopic (exact) mass is 302 g/mol. The second-order valence-electron chi connectivity index (χ2n) is 4.10. The lowest BCUT2D eigenvalue weighted by molar-refractivity contribution is -0.142. The van der Waals surface area contributed by atoms with Crippen LogP contribution in [-0.4, -0.2) is 56.0 Å². The zero-order chi connectivity index (χ0) is 16.1. The molecule has 21 heavy (non-hydrogen) atoms. The van der Waals surface area contributed by atoms with Crippen LogP contribution in [0.1, 0.15) is 19.3 Å². The predicted octanol–water partition coefficient (Wildman–Crippen LogP) is 0.285. The van der Waals surface area contributed by atoms with E-state index in [1.54, 1.807) is 6.08 Å². The van der Waals surface area contributed by atoms with E-state index < -0.39 is 24.0 Å². The molecule has 0 aromatic heterocycles. The van der Waals surface area contributed by atoms with Crippen LogP contribution in [0.2, 0.25) is 0 Å². The van der Waals surface area contributed by atoms with Crippen LogP contribution >= 0.6 is 0 Å². The number of urea groups is 1. The topological polar surface area (TPSA) is 114 Å². The van der Waals surface area contributed by atoms with E-state index in [0.29, 0.717) is 13.2 Å². The maximum Gasteiger partial charge on any atom is 0.326 e. The van der Waals surface area contributed by atoms with Crippen LogP contribution in [-0.2, 0) is 19.1 Å². The largest absolute Gasteiger partial charge is 0.480 e. The number of hydrogen-bond donors (Lipinski definition) is 3. The molecule has 0 fully saturated rings. The molecule has 0 unspecified atom stereocenters. The second kappa shape index (κ2) is 11.7. The van der Waals surface area contributed by atoms with Gasteiger partial charge in [-0.3, -0.25) is 4.79 Å². The molecule has 0 aromatic rings. The van der Waals surface area contributed by atoms with Crippen molar-refractivity contribution in [3.8, 4) is 0 Å². The number of esters is 1. The molecule has 0 rings (SSSR count). The van der Waals surface area contributed by atoms with Gasteiger partial charge in [-0.05, 0) is 12.8 Å². The highest BCUT2D eigenvalue weighted by Crippen LogP contribution is 1.99. The predicted molar refractivity (Wildman–Crippen MR) is 74.8 cm³/mol. The molecule has 0 aliphatic rings. The van der Waals surface area contributed by atoms with Gasteiger partial charge in [0, 0.05) is 13.0 Å². The molecule has 2 amide bonds. The van der Waals surface area contributed by atoms with Crippen molar-refractivity contribution in [2.75, 3.05) is 26.9 Å². The van der Waals surface area contributed by atoms with E-state index in [1.807, 2.05) is 0 Å². The Kier molecular flexibility index (Phi) is 10.5. The fraction of sp³-hybridized carbons (Fsp3) is 0.615. The van der Waals surface area contributed by atoms with Crippen LogP contribution < -0.4 is 10.6 Å². The molecule has 0 saturated carbocycles. The summed E-state index contributed by atoms with van der Waals surface area (Å²) in [6.45, 7) is 4.64. The highest BCUT2D eigenvalue weighted by Gasteiger charge is 2.20. The summed E-state index contributed by atoms with van der Waals surface area (Å²) in [6.07, 6.45) is 2.32. The molecule has 8 nitrogen and oxygen atoms in total. The van der Waals surface area contributed by atoms with E-state index in [-0.39, 0.29) is 19.4 Å². The molecule has 0 bridgehead atoms. The number of carbonyl (C=O) groups is 3. The first-order valence-electron chi connectivity index (χ1n) is 6.53. The maximum absolute atomic E-state index is 11.5. The number of carboxylic acids is 1. The SMILES string of the molecule is C=CCCOCCNC(=O)N[C@H](CCC(=O)OC)C(=O)O. The van der Waals surface area contributed by atoms with Gasteiger partial charge in [0.15, 0.2) is 0 Å². The lowest BCUT2D eigenvalue weighted by Gasteiger charge is -2.14. The molecule has 0 spiro atoms. The van der Waals surface area contributed by atoms with Gasteiger partial charge in [-0.15, -0.1) is 6.58 Å². The summed E-state index contributed by atoms with van der Waals surface area (Å²) >= 11 is 0. The van der Waals surface area contributed by atoms with Crippen LogP contribution in [0, 0.1) is 0 Å². The lowest BCUT2D eigenvalue weighted by Crippen LogP contribution is -2.46. The number of nitrogens with one attached hydrogen (secondary N) is 2. The summed E-state index contributed by atoms with van der Waals surface area (Å²) in [5.41, 5.74) is 0. The summed E-state index contributed by atoms with van der Waals surface area (Å²) in [5, 5.41) is 13.7. The van der Waals surface area contributed by atoms with E-state index in [1.165, 1.54) is 7.11 Å². The van der Waals surface area contributed by atoms with Crippen molar-refractivity contribution in [3.05, 3.63) is 12.7 Å². The molecular formula is C13H22N2O6. The fourth-order valence-electron chi connectivity index (χ4n) is 1.34. The first-order chi connectivity index (χ1) is 10.0. The Morgan fingerprint density at radius 1 is 1.33 bits per heavy atom. The van der Waals surface area contributed by atoms with Crippen LogP contribution in [0.3, 0.4) is 0 Å². The molecule has 0 aliphatic heterocycles. The van der Waals surface area contributed by atoms with Crippen molar-refractivity contribution in [2.24, 2.45) is 0 Å². The van der Waals surface area contributed by atoms with Crippen molar-refractivity contribution in [1.29, 1.82) is 0 Å². The van der Waals surface area contributed by atoms with Crippen molar-refractivity contribution in [2.45, 2.75) is 25.3 Å². The standard InChI is InChI=1S/C13H22N2O6/c1-3-4-8-21-9-7-14-13(19)15-10(12(17)18)5-6-11(16)20-2/h3,10H,1,4-9H2,2H3,(H,17,18)(H2,14,15,19)/t10-/m1/s1. The molecule has 0 saturated heterocycles. The Labute approximate surface area is 123 Å². The summed E-state index contributed by atoms with van der Waals surface area (Å²) in [7, 11) is 1.21. The van der Waals surface area contributed by atoms with Gasteiger partial charge in [0.2, 0.25) is 0 Å². The Balaban J connectivity index is 3.92. The summed E-state index contributed by atoms with van der Waals surface area (Å²) in [4.78, 5) is 33.4. The first-order valence-corrected chi connectivity index (χ1v) is 6.53. The van der Waals surface area contributed by atoms with Gasteiger partial charge in [0.1, 0.15) is 6.04 Å². The van der Waals surface area contributed by atoms with Gasteiger partial charge >= 0.3 is 18.0 Å². The Bertz CT molecular complexity index is 359. The summed E-state index contributed by atoms with van der Waals surface area (Å²) in [5.74, 6) is -1.74. The minimum Gasteiger partial charge on any atom is -0.480 e. The second-order valence-corrected chi connectivity index (χ2v) is 4.10. The van der Waals surface area contributed by atoms with Gasteiger partial charge < -0.3 is 25.2 Å². The quantitative estimate of drug-likeness (QED) is 0.287. The van der Waals surface area contributed by atoms with Crippen molar-refractivity contribution in [3.63, 3.8) is 0 Å². The van der Waals surface area contributed by atoms with Crippen molar-refractivity contribution < 1.29 is 29.0 Å². The minimum absolute atomic E-state index is 0.0364. The molecule has 1 atom stereocenters. The average Bonchev–Trinajstić information content (AvgIpc) is 2.46. The molecule has 0 radical (unpaired) electrons. The first kappa shape index (κ1) is 18.9. The van der Waals surface area contributed by atoms with Crippen molar-refractivity contribution >= 4 is 18.0 Å². The van der Waals surface area contributed by atoms with Gasteiger partial charge in [-0.25, -0.2) is 9.59 Å². The lowest BCUT2D eigenvalue weighted by atomic mass is 10.1. The molecule has 3 N–H and O–H groups in total. The van der Waals surface area contributed by atoms with Gasteiger partial charge in [0.25, 0.3) is 0 Å². The van der Waals surface area contributed by atoms with E-state index in [9.17, 15) is 14.4 Å². The number of amides is 2. The third-order valence-electron chi connectivity index (χ3n) is 2.47. The number of ether oxygens (including phenoxy) is 2. The Hall–Kier alpha value is -2.09. The molecular weight excluding hydrogens is 280 g/mol. The highest BCUT2D eigenvalue weighted by molar-refractivity contribution is 5.83. The summed E-state index contributed by atoms with van der Waals surface area (Å²) < 4.78 is 9.59. The van der Waals surface area contributed by atoms with Crippen LogP contribution in [0.4, 0.5) is 4.79 Å². The molecule has 0 aliphatic carbocycles. The number of aliphatic carboxylic acids is 1. The van der Waals surface area contributed by atoms with Gasteiger partial charge in [0.05, 0.1) is 20.3 Å². The van der Waals surface area contributed by atoms with E-state index in [0.717, 1.165) is 6.42 Å². The smallest absolute Gasteiger partial charge is 0.326 e. The Morgan fingerprint density at radius 2 is 2.05 bits per heavy atom. The third-order valence-corrected chi connectivity index (χ3v) is 2.47. The molecule has 0 heterocycles. The summed E-state index contributed by atoms with van der Waals surface area (Å²) in [6, 6.07) is -1.77. The van der Waals surface area contributed by atoms with Crippen LogP contribution in [0.25, 0.3) is 0 Å². The van der Waals surface area contributed by atoms with E-state index >= 15 is 0 Å². The number of carbonyl (C=O) groups excluding carboxylic acids is 2. The zero-order valence-electron chi connectivity index (χ0n) is 12.1. The molecule has 8 heteroatoms.